The summed E-state index contributed by atoms with van der Waals surface area (Å²) in [6.07, 6.45) is 6.27. The van der Waals surface area contributed by atoms with E-state index in [-0.39, 0.29) is 18.4 Å². The van der Waals surface area contributed by atoms with Crippen molar-refractivity contribution < 1.29 is 18.7 Å². The van der Waals surface area contributed by atoms with Crippen LogP contribution in [0.15, 0.2) is 53.1 Å². The van der Waals surface area contributed by atoms with Crippen molar-refractivity contribution in [3.05, 3.63) is 54.3 Å². The van der Waals surface area contributed by atoms with Gasteiger partial charge in [0.25, 0.3) is 0 Å². The first-order valence-corrected chi connectivity index (χ1v) is 10.6. The lowest BCUT2D eigenvalue weighted by atomic mass is 10.1. The second-order valence-corrected chi connectivity index (χ2v) is 7.76. The molecule has 1 aromatic heterocycles. The van der Waals surface area contributed by atoms with Crippen molar-refractivity contribution in [2.45, 2.75) is 32.1 Å². The van der Waals surface area contributed by atoms with Gasteiger partial charge in [-0.3, -0.25) is 4.79 Å². The number of furan rings is 1. The van der Waals surface area contributed by atoms with Crippen LogP contribution in [0.4, 0.5) is 16.2 Å². The van der Waals surface area contributed by atoms with Gasteiger partial charge in [-0.15, -0.1) is 0 Å². The van der Waals surface area contributed by atoms with E-state index in [9.17, 15) is 9.59 Å². The molecule has 0 bridgehead atoms. The Balaban J connectivity index is 1.33. The van der Waals surface area contributed by atoms with E-state index in [1.165, 1.54) is 12.8 Å². The summed E-state index contributed by atoms with van der Waals surface area (Å²) in [6, 6.07) is 12.6. The van der Waals surface area contributed by atoms with E-state index in [1.807, 2.05) is 17.0 Å². The van der Waals surface area contributed by atoms with Crippen molar-refractivity contribution in [2.24, 2.45) is 0 Å². The summed E-state index contributed by atoms with van der Waals surface area (Å²) in [5.41, 5.74) is 2.89. The third-order valence-corrected chi connectivity index (χ3v) is 5.53. The number of nitrogens with one attached hydrogen (secondary N) is 2. The highest BCUT2D eigenvalue weighted by Gasteiger charge is 2.16. The lowest BCUT2D eigenvalue weighted by Crippen LogP contribution is -2.35. The van der Waals surface area contributed by atoms with Gasteiger partial charge in [0.05, 0.1) is 19.8 Å². The van der Waals surface area contributed by atoms with Crippen LogP contribution in [0.25, 0.3) is 11.0 Å². The molecule has 2 aromatic carbocycles. The molecule has 7 heteroatoms. The molecule has 0 saturated carbocycles. The fourth-order valence-electron chi connectivity index (χ4n) is 3.82. The van der Waals surface area contributed by atoms with Gasteiger partial charge in [0.15, 0.2) is 0 Å². The fourth-order valence-corrected chi connectivity index (χ4v) is 3.82. The van der Waals surface area contributed by atoms with Crippen molar-refractivity contribution in [3.63, 3.8) is 0 Å². The Labute approximate surface area is 181 Å². The quantitative estimate of drug-likeness (QED) is 0.605. The number of methoxy groups -OCH3 is 1. The molecule has 1 fully saturated rings. The maximum absolute atomic E-state index is 12.5. The number of likely N-dealkylation sites (tertiary alicyclic amines) is 1. The van der Waals surface area contributed by atoms with E-state index in [0.717, 1.165) is 36.9 Å². The molecule has 0 spiro atoms. The molecule has 7 nitrogen and oxygen atoms in total. The van der Waals surface area contributed by atoms with Gasteiger partial charge in [0.1, 0.15) is 11.3 Å². The molecule has 31 heavy (non-hydrogen) atoms. The van der Waals surface area contributed by atoms with Gasteiger partial charge in [-0.2, -0.15) is 0 Å². The Hall–Kier alpha value is -3.48. The number of hydrogen-bond donors (Lipinski definition) is 2. The molecule has 0 radical (unpaired) electrons. The molecule has 3 aromatic rings. The Morgan fingerprint density at radius 2 is 1.65 bits per heavy atom. The number of fused-ring (bicyclic) bond motifs is 1. The van der Waals surface area contributed by atoms with E-state index in [1.54, 1.807) is 43.7 Å². The largest absolute Gasteiger partial charge is 0.497 e. The van der Waals surface area contributed by atoms with Gasteiger partial charge in [-0.1, -0.05) is 12.8 Å². The minimum absolute atomic E-state index is 0.0675. The topological polar surface area (TPSA) is 83.8 Å². The van der Waals surface area contributed by atoms with Crippen molar-refractivity contribution in [3.8, 4) is 5.75 Å². The molecular weight excluding hydrogens is 394 g/mol. The van der Waals surface area contributed by atoms with Crippen LogP contribution in [0, 0.1) is 0 Å². The SMILES string of the molecule is COc1ccc2c(CC(=O)Nc3ccc(NC(=O)N4CCCCCC4)cc3)coc2c1. The van der Waals surface area contributed by atoms with Crippen LogP contribution in [-0.2, 0) is 11.2 Å². The van der Waals surface area contributed by atoms with Gasteiger partial charge in [-0.05, 0) is 49.2 Å². The first-order valence-electron chi connectivity index (χ1n) is 10.6. The molecule has 0 unspecified atom stereocenters. The summed E-state index contributed by atoms with van der Waals surface area (Å²) in [5, 5.41) is 6.72. The smallest absolute Gasteiger partial charge is 0.321 e. The summed E-state index contributed by atoms with van der Waals surface area (Å²) < 4.78 is 10.7. The van der Waals surface area contributed by atoms with Gasteiger partial charge < -0.3 is 24.7 Å². The number of ether oxygens (including phenoxy) is 1. The number of amides is 3. The third kappa shape index (κ3) is 5.17. The first-order chi connectivity index (χ1) is 15.1. The number of carbonyl (C=O) groups excluding carboxylic acids is 2. The van der Waals surface area contributed by atoms with Gasteiger partial charge in [0.2, 0.25) is 5.91 Å². The fraction of sp³-hybridized carbons (Fsp3) is 0.333. The molecular formula is C24H27N3O4. The van der Waals surface area contributed by atoms with E-state index in [2.05, 4.69) is 10.6 Å². The zero-order valence-electron chi connectivity index (χ0n) is 17.6. The summed E-state index contributed by atoms with van der Waals surface area (Å²) in [6.45, 7) is 1.60. The molecule has 0 atom stereocenters. The number of carbonyl (C=O) groups is 2. The van der Waals surface area contributed by atoms with Crippen LogP contribution >= 0.6 is 0 Å². The molecule has 1 aliphatic heterocycles. The molecule has 2 N–H and O–H groups in total. The van der Waals surface area contributed by atoms with E-state index < -0.39 is 0 Å². The number of benzene rings is 2. The zero-order valence-corrected chi connectivity index (χ0v) is 17.6. The zero-order chi connectivity index (χ0) is 21.6. The minimum atomic E-state index is -0.139. The van der Waals surface area contributed by atoms with Crippen LogP contribution in [0.1, 0.15) is 31.2 Å². The number of rotatable bonds is 5. The maximum Gasteiger partial charge on any atom is 0.321 e. The lowest BCUT2D eigenvalue weighted by Gasteiger charge is -2.20. The predicted octanol–water partition coefficient (Wildman–Crippen LogP) is 5.03. The van der Waals surface area contributed by atoms with Crippen LogP contribution in [0.5, 0.6) is 5.75 Å². The number of anilines is 2. The maximum atomic E-state index is 12.5. The normalized spacial score (nSPS) is 14.2. The average molecular weight is 421 g/mol. The summed E-state index contributed by atoms with van der Waals surface area (Å²) in [5.74, 6) is 0.570. The highest BCUT2D eigenvalue weighted by atomic mass is 16.5. The highest BCUT2D eigenvalue weighted by molar-refractivity contribution is 5.96. The van der Waals surface area contributed by atoms with Gasteiger partial charge in [0, 0.05) is 41.5 Å². The Bertz CT molecular complexity index is 1050. The van der Waals surface area contributed by atoms with E-state index in [4.69, 9.17) is 9.15 Å². The Kier molecular flexibility index (Phi) is 6.40. The second kappa shape index (κ2) is 9.55. The Morgan fingerprint density at radius 1 is 0.968 bits per heavy atom. The minimum Gasteiger partial charge on any atom is -0.497 e. The van der Waals surface area contributed by atoms with Crippen molar-refractivity contribution in [1.29, 1.82) is 0 Å². The van der Waals surface area contributed by atoms with Crippen LogP contribution in [0.2, 0.25) is 0 Å². The lowest BCUT2D eigenvalue weighted by molar-refractivity contribution is -0.115. The van der Waals surface area contributed by atoms with Gasteiger partial charge >= 0.3 is 6.03 Å². The molecule has 162 valence electrons. The summed E-state index contributed by atoms with van der Waals surface area (Å²) in [4.78, 5) is 26.8. The van der Waals surface area contributed by atoms with Crippen molar-refractivity contribution >= 4 is 34.3 Å². The van der Waals surface area contributed by atoms with Crippen LogP contribution in [0.3, 0.4) is 0 Å². The molecule has 2 heterocycles. The van der Waals surface area contributed by atoms with Crippen LogP contribution in [-0.4, -0.2) is 37.0 Å². The Morgan fingerprint density at radius 3 is 2.32 bits per heavy atom. The predicted molar refractivity (Wildman–Crippen MR) is 121 cm³/mol. The molecule has 1 aliphatic rings. The molecule has 3 amide bonds. The highest BCUT2D eigenvalue weighted by Crippen LogP contribution is 2.26. The van der Waals surface area contributed by atoms with Crippen molar-refractivity contribution in [2.75, 3.05) is 30.8 Å². The van der Waals surface area contributed by atoms with E-state index in [0.29, 0.717) is 22.7 Å². The van der Waals surface area contributed by atoms with Crippen molar-refractivity contribution in [1.82, 2.24) is 4.90 Å². The summed E-state index contributed by atoms with van der Waals surface area (Å²) in [7, 11) is 1.60. The second-order valence-electron chi connectivity index (χ2n) is 7.76. The monoisotopic (exact) mass is 421 g/mol. The number of nitrogens with zero attached hydrogens (tertiary/aromatic N) is 1. The molecule has 0 aliphatic carbocycles. The average Bonchev–Trinajstić information content (AvgIpc) is 2.98. The van der Waals surface area contributed by atoms with Gasteiger partial charge in [-0.25, -0.2) is 4.79 Å². The van der Waals surface area contributed by atoms with E-state index >= 15 is 0 Å². The molecule has 4 rings (SSSR count). The van der Waals surface area contributed by atoms with Crippen LogP contribution < -0.4 is 15.4 Å². The standard InChI is InChI=1S/C24H27N3O4/c1-30-20-10-11-21-17(16-31-22(21)15-20)14-23(28)25-18-6-8-19(9-7-18)26-24(29)27-12-4-2-3-5-13-27/h6-11,15-16H,2-5,12-14H2,1H3,(H,25,28)(H,26,29). The third-order valence-electron chi connectivity index (χ3n) is 5.53. The first kappa shape index (κ1) is 20.8. The number of hydrogen-bond acceptors (Lipinski definition) is 4. The summed E-state index contributed by atoms with van der Waals surface area (Å²) >= 11 is 0. The number of urea groups is 1. The molecule has 1 saturated heterocycles.